The van der Waals surface area contributed by atoms with Crippen molar-refractivity contribution >= 4 is 45.6 Å². The number of fused-ring (bicyclic) bond motifs is 1. The van der Waals surface area contributed by atoms with Gasteiger partial charge in [-0.3, -0.25) is 10.2 Å². The summed E-state index contributed by atoms with van der Waals surface area (Å²) in [6, 6.07) is 15.8. The first-order valence-corrected chi connectivity index (χ1v) is 14.9. The number of benzodiazepines with no additional fused rings is 1. The lowest BCUT2D eigenvalue weighted by molar-refractivity contribution is -0.212. The molecule has 14 heteroatoms. The zero-order valence-electron chi connectivity index (χ0n) is 24.1. The molecular weight excluding hydrogens is 595 g/mol. The molecule has 1 fully saturated rings. The molecule has 1 aliphatic heterocycles. The Balaban J connectivity index is 1.46. The number of anilines is 2. The summed E-state index contributed by atoms with van der Waals surface area (Å²) >= 11 is 0.872. The molecule has 232 valence electrons. The van der Waals surface area contributed by atoms with E-state index in [-0.39, 0.29) is 23.5 Å². The molecule has 0 saturated heterocycles. The Kier molecular flexibility index (Phi) is 9.02. The van der Waals surface area contributed by atoms with Crippen molar-refractivity contribution < 1.29 is 27.4 Å². The van der Waals surface area contributed by atoms with E-state index in [1.165, 1.54) is 0 Å². The molecule has 1 saturated carbocycles. The normalized spacial score (nSPS) is 17.9. The molecule has 0 spiro atoms. The Bertz CT molecular complexity index is 1590. The zero-order valence-corrected chi connectivity index (χ0v) is 25.0. The summed E-state index contributed by atoms with van der Waals surface area (Å²) in [4.78, 5) is 27.8. The van der Waals surface area contributed by atoms with E-state index in [9.17, 15) is 18.0 Å². The molecule has 0 radical (unpaired) electrons. The van der Waals surface area contributed by atoms with E-state index in [4.69, 9.17) is 20.6 Å². The van der Waals surface area contributed by atoms with Gasteiger partial charge < -0.3 is 25.4 Å². The minimum absolute atomic E-state index is 0.0791. The number of aliphatic imine (C=N–C) groups is 2. The second-order valence-corrected chi connectivity index (χ2v) is 11.4. The van der Waals surface area contributed by atoms with Crippen LogP contribution in [0.2, 0.25) is 0 Å². The molecular formula is C30H32F3N7O3S. The Morgan fingerprint density at radius 2 is 1.91 bits per heavy atom. The summed E-state index contributed by atoms with van der Waals surface area (Å²) in [7, 11) is 1.68. The van der Waals surface area contributed by atoms with Crippen LogP contribution in [0.25, 0.3) is 0 Å². The van der Waals surface area contributed by atoms with Crippen LogP contribution in [0.1, 0.15) is 48.0 Å². The van der Waals surface area contributed by atoms with Crippen molar-refractivity contribution in [3.05, 3.63) is 76.4 Å². The van der Waals surface area contributed by atoms with E-state index < -0.39 is 35.6 Å². The van der Waals surface area contributed by atoms with Gasteiger partial charge in [-0.25, -0.2) is 9.98 Å². The van der Waals surface area contributed by atoms with Crippen LogP contribution in [-0.2, 0) is 19.7 Å². The van der Waals surface area contributed by atoms with E-state index in [2.05, 4.69) is 20.3 Å². The number of para-hydroxylation sites is 1. The van der Waals surface area contributed by atoms with E-state index in [1.807, 2.05) is 49.4 Å². The minimum Gasteiger partial charge on any atom is -0.405 e. The zero-order chi connectivity index (χ0) is 31.5. The number of hydrogen-bond donors (Lipinski definition) is 3. The molecule has 1 aromatic heterocycles. The van der Waals surface area contributed by atoms with Crippen molar-refractivity contribution in [1.29, 1.82) is 5.41 Å². The Labute approximate surface area is 256 Å². The average molecular weight is 628 g/mol. The minimum atomic E-state index is -4.50. The molecule has 5 rings (SSSR count). The average Bonchev–Trinajstić information content (AvgIpc) is 3.34. The van der Waals surface area contributed by atoms with Gasteiger partial charge in [-0.05, 0) is 25.8 Å². The largest absolute Gasteiger partial charge is 0.405 e. The summed E-state index contributed by atoms with van der Waals surface area (Å²) in [6.07, 6.45) is -5.59. The molecule has 1 amide bonds. The number of likely N-dealkylation sites (N-methyl/N-ethyl adjacent to an activating group) is 1. The fourth-order valence-electron chi connectivity index (χ4n) is 4.98. The molecule has 2 heterocycles. The van der Waals surface area contributed by atoms with Gasteiger partial charge in [-0.1, -0.05) is 66.3 Å². The lowest BCUT2D eigenvalue weighted by atomic mass is 9.68. The molecule has 3 aromatic rings. The monoisotopic (exact) mass is 627 g/mol. The molecule has 2 aliphatic rings. The second kappa shape index (κ2) is 12.7. The third-order valence-corrected chi connectivity index (χ3v) is 8.91. The number of hydrogen-bond acceptors (Lipinski definition) is 9. The third-order valence-electron chi connectivity index (χ3n) is 7.53. The predicted molar refractivity (Wildman–Crippen MR) is 164 cm³/mol. The van der Waals surface area contributed by atoms with Crippen molar-refractivity contribution in [1.82, 2.24) is 4.98 Å². The van der Waals surface area contributed by atoms with Crippen molar-refractivity contribution in [3.63, 3.8) is 0 Å². The number of benzene rings is 2. The van der Waals surface area contributed by atoms with Crippen LogP contribution in [0.5, 0.6) is 0 Å². The van der Waals surface area contributed by atoms with Gasteiger partial charge in [0.05, 0.1) is 18.0 Å². The highest BCUT2D eigenvalue weighted by molar-refractivity contribution is 7.16. The van der Waals surface area contributed by atoms with Crippen molar-refractivity contribution in [2.45, 2.75) is 43.9 Å². The molecule has 1 atom stereocenters. The molecule has 44 heavy (non-hydrogen) atoms. The van der Waals surface area contributed by atoms with E-state index >= 15 is 0 Å². The van der Waals surface area contributed by atoms with Crippen LogP contribution in [-0.4, -0.2) is 67.7 Å². The second-order valence-electron chi connectivity index (χ2n) is 10.4. The maximum absolute atomic E-state index is 14.2. The molecule has 2 aromatic carbocycles. The SMILES string of the molecule is CCOCCN(C)c1sc(C2(C(F)(F)F)CCC2)nc1C(=N)OC(N)=NC1N=C(c2ccccc2)c2ccccc2NC1=O. The highest BCUT2D eigenvalue weighted by Crippen LogP contribution is 2.56. The van der Waals surface area contributed by atoms with Crippen LogP contribution in [0.3, 0.4) is 0 Å². The van der Waals surface area contributed by atoms with Gasteiger partial charge in [-0.15, -0.1) is 0 Å². The van der Waals surface area contributed by atoms with Crippen LogP contribution in [0.4, 0.5) is 23.9 Å². The van der Waals surface area contributed by atoms with Crippen LogP contribution >= 0.6 is 11.3 Å². The lowest BCUT2D eigenvalue weighted by Gasteiger charge is -2.41. The number of alkyl halides is 3. The molecule has 0 bridgehead atoms. The van der Waals surface area contributed by atoms with Gasteiger partial charge in [0.1, 0.15) is 15.4 Å². The number of carbonyl (C=O) groups excluding carboxylic acids is 1. The van der Waals surface area contributed by atoms with Crippen molar-refractivity contribution in [2.24, 2.45) is 15.7 Å². The first-order valence-electron chi connectivity index (χ1n) is 14.0. The number of amidine groups is 1. The highest BCUT2D eigenvalue weighted by atomic mass is 32.1. The molecule has 1 aliphatic carbocycles. The fourth-order valence-corrected chi connectivity index (χ4v) is 6.30. The smallest absolute Gasteiger partial charge is 0.400 e. The number of rotatable bonds is 9. The predicted octanol–water partition coefficient (Wildman–Crippen LogP) is 5.07. The van der Waals surface area contributed by atoms with Crippen LogP contribution in [0.15, 0.2) is 64.6 Å². The number of nitrogens with two attached hydrogens (primary N) is 1. The van der Waals surface area contributed by atoms with Gasteiger partial charge in [0.15, 0.2) is 5.69 Å². The third kappa shape index (κ3) is 6.17. The summed E-state index contributed by atoms with van der Waals surface area (Å²) in [5, 5.41) is 11.6. The van der Waals surface area contributed by atoms with E-state index in [0.717, 1.165) is 16.9 Å². The highest BCUT2D eigenvalue weighted by Gasteiger charge is 2.61. The van der Waals surface area contributed by atoms with Gasteiger partial charge in [0.2, 0.25) is 12.1 Å². The number of amides is 1. The summed E-state index contributed by atoms with van der Waals surface area (Å²) in [6.45, 7) is 2.98. The molecule has 10 nitrogen and oxygen atoms in total. The fraction of sp³-hybridized carbons (Fsp3) is 0.367. The summed E-state index contributed by atoms with van der Waals surface area (Å²) < 4.78 is 53.5. The molecule has 1 unspecified atom stereocenters. The summed E-state index contributed by atoms with van der Waals surface area (Å²) in [5.41, 5.74) is 6.35. The lowest BCUT2D eigenvalue weighted by Crippen LogP contribution is -2.48. The summed E-state index contributed by atoms with van der Waals surface area (Å²) in [5.74, 6) is -1.18. The molecule has 4 N–H and O–H groups in total. The van der Waals surface area contributed by atoms with Gasteiger partial charge in [-0.2, -0.15) is 18.2 Å². The number of thiazole rings is 1. The van der Waals surface area contributed by atoms with Crippen LogP contribution in [0, 0.1) is 5.41 Å². The maximum atomic E-state index is 14.2. The number of nitrogens with zero attached hydrogens (tertiary/aromatic N) is 4. The van der Waals surface area contributed by atoms with E-state index in [1.54, 1.807) is 24.1 Å². The Morgan fingerprint density at radius 1 is 1.20 bits per heavy atom. The standard InChI is InChI=1S/C30H32F3N7O3S/c1-3-42-17-16-40(2)26-22(38-27(44-26)29(14-9-15-29)30(31,32)33)23(34)43-28(35)39-24-25(41)36-20-13-8-7-12-19(20)21(37-24)18-10-5-4-6-11-18/h4-8,10-13,24,34H,3,9,14-17H2,1-2H3,(H2,35,39)(H,36,41). The van der Waals surface area contributed by atoms with Crippen molar-refractivity contribution in [2.75, 3.05) is 37.0 Å². The Hall–Kier alpha value is -4.30. The topological polar surface area (TPSA) is 138 Å². The van der Waals surface area contributed by atoms with Crippen molar-refractivity contribution in [3.8, 4) is 0 Å². The number of halogens is 3. The van der Waals surface area contributed by atoms with Crippen LogP contribution < -0.4 is 16.0 Å². The number of carbonyl (C=O) groups is 1. The van der Waals surface area contributed by atoms with Gasteiger partial charge in [0, 0.05) is 31.3 Å². The quantitative estimate of drug-likeness (QED) is 0.172. The van der Waals surface area contributed by atoms with E-state index in [0.29, 0.717) is 48.1 Å². The number of nitrogens with one attached hydrogen (secondary N) is 2. The van der Waals surface area contributed by atoms with Gasteiger partial charge in [0.25, 0.3) is 11.9 Å². The maximum Gasteiger partial charge on any atom is 0.400 e. The first kappa shape index (κ1) is 31.1. The Morgan fingerprint density at radius 3 is 2.57 bits per heavy atom. The first-order chi connectivity index (χ1) is 21.0. The number of ether oxygens (including phenoxy) is 2. The van der Waals surface area contributed by atoms with Gasteiger partial charge >= 0.3 is 6.18 Å². The number of aromatic nitrogens is 1.